The number of amides is 1. The van der Waals surface area contributed by atoms with E-state index in [-0.39, 0.29) is 18.2 Å². The molecule has 0 atom stereocenters. The Morgan fingerprint density at radius 2 is 1.82 bits per heavy atom. The molecule has 2 rings (SSSR count). The van der Waals surface area contributed by atoms with Crippen molar-refractivity contribution < 1.29 is 14.6 Å². The van der Waals surface area contributed by atoms with Crippen LogP contribution < -0.4 is 15.4 Å². The summed E-state index contributed by atoms with van der Waals surface area (Å²) < 4.78 is 5.08. The summed E-state index contributed by atoms with van der Waals surface area (Å²) in [4.78, 5) is 11.8. The number of carbonyl (C=O) groups excluding carboxylic acids is 1. The van der Waals surface area contributed by atoms with Gasteiger partial charge in [0.25, 0.3) is 0 Å². The Morgan fingerprint density at radius 1 is 1.09 bits per heavy atom. The maximum absolute atomic E-state index is 11.8. The number of para-hydroxylation sites is 1. The second kappa shape index (κ2) is 8.05. The Balaban J connectivity index is 1.70. The molecule has 2 aromatic carbocycles. The lowest BCUT2D eigenvalue weighted by atomic mass is 10.2. The molecule has 5 nitrogen and oxygen atoms in total. The lowest BCUT2D eigenvalue weighted by molar-refractivity contribution is -0.120. The molecule has 0 bridgehead atoms. The van der Waals surface area contributed by atoms with Gasteiger partial charge in [0.05, 0.1) is 13.7 Å². The first-order chi connectivity index (χ1) is 10.7. The molecule has 0 aliphatic heterocycles. The Kier molecular flexibility index (Phi) is 5.80. The summed E-state index contributed by atoms with van der Waals surface area (Å²) in [6.07, 6.45) is 0. The van der Waals surface area contributed by atoms with Crippen molar-refractivity contribution in [2.75, 3.05) is 13.7 Å². The number of phenolic OH excluding ortho intramolecular Hbond substituents is 1. The number of rotatable bonds is 7. The van der Waals surface area contributed by atoms with E-state index < -0.39 is 0 Å². The minimum Gasteiger partial charge on any atom is -0.508 e. The number of hydrogen-bond donors (Lipinski definition) is 3. The fourth-order valence-corrected chi connectivity index (χ4v) is 1.98. The number of benzene rings is 2. The van der Waals surface area contributed by atoms with Crippen LogP contribution in [0.3, 0.4) is 0 Å². The summed E-state index contributed by atoms with van der Waals surface area (Å²) in [5, 5.41) is 15.5. The van der Waals surface area contributed by atoms with E-state index in [2.05, 4.69) is 10.6 Å². The lowest BCUT2D eigenvalue weighted by Gasteiger charge is -2.08. The third-order valence-corrected chi connectivity index (χ3v) is 3.24. The van der Waals surface area contributed by atoms with E-state index in [1.165, 1.54) is 0 Å². The first-order valence-corrected chi connectivity index (χ1v) is 7.06. The fraction of sp³-hybridized carbons (Fsp3) is 0.235. The van der Waals surface area contributed by atoms with Crippen LogP contribution in [0.25, 0.3) is 0 Å². The van der Waals surface area contributed by atoms with Gasteiger partial charge in [-0.25, -0.2) is 0 Å². The van der Waals surface area contributed by atoms with Gasteiger partial charge in [0, 0.05) is 18.7 Å². The van der Waals surface area contributed by atoms with Crippen molar-refractivity contribution in [3.8, 4) is 11.5 Å². The largest absolute Gasteiger partial charge is 0.508 e. The van der Waals surface area contributed by atoms with Crippen molar-refractivity contribution in [2.24, 2.45) is 0 Å². The van der Waals surface area contributed by atoms with Crippen LogP contribution >= 0.6 is 0 Å². The van der Waals surface area contributed by atoms with E-state index in [1.807, 2.05) is 36.4 Å². The molecule has 0 heterocycles. The zero-order valence-electron chi connectivity index (χ0n) is 12.5. The minimum absolute atomic E-state index is 0.0914. The highest BCUT2D eigenvalue weighted by Gasteiger charge is 2.03. The molecular formula is C17H20N2O3. The molecule has 1 amide bonds. The van der Waals surface area contributed by atoms with Crippen molar-refractivity contribution >= 4 is 5.91 Å². The van der Waals surface area contributed by atoms with E-state index in [4.69, 9.17) is 4.74 Å². The Labute approximate surface area is 129 Å². The summed E-state index contributed by atoms with van der Waals surface area (Å²) in [5.41, 5.74) is 1.78. The number of ether oxygens (including phenoxy) is 1. The average molecular weight is 300 g/mol. The lowest BCUT2D eigenvalue weighted by Crippen LogP contribution is -2.33. The SMILES string of the molecule is COc1ccc(CNC(=O)CNCc2ccccc2O)cc1. The molecule has 116 valence electrons. The summed E-state index contributed by atoms with van der Waals surface area (Å²) in [5.74, 6) is 0.930. The van der Waals surface area contributed by atoms with Crippen LogP contribution in [0.15, 0.2) is 48.5 Å². The highest BCUT2D eigenvalue weighted by molar-refractivity contribution is 5.77. The molecule has 0 aliphatic rings. The predicted molar refractivity (Wildman–Crippen MR) is 84.7 cm³/mol. The zero-order chi connectivity index (χ0) is 15.8. The Bertz CT molecular complexity index is 612. The summed E-state index contributed by atoms with van der Waals surface area (Å²) in [7, 11) is 1.62. The summed E-state index contributed by atoms with van der Waals surface area (Å²) >= 11 is 0. The van der Waals surface area contributed by atoms with Crippen molar-refractivity contribution in [3.05, 3.63) is 59.7 Å². The van der Waals surface area contributed by atoms with Crippen LogP contribution in [0.5, 0.6) is 11.5 Å². The quantitative estimate of drug-likeness (QED) is 0.729. The highest BCUT2D eigenvalue weighted by Crippen LogP contribution is 2.14. The summed E-state index contributed by atoms with van der Waals surface area (Å²) in [6.45, 7) is 1.12. The molecule has 22 heavy (non-hydrogen) atoms. The fourth-order valence-electron chi connectivity index (χ4n) is 1.98. The topological polar surface area (TPSA) is 70.6 Å². The predicted octanol–water partition coefficient (Wildman–Crippen LogP) is 1.81. The smallest absolute Gasteiger partial charge is 0.234 e. The van der Waals surface area contributed by atoms with Crippen LogP contribution in [0.1, 0.15) is 11.1 Å². The first kappa shape index (κ1) is 15.9. The molecule has 0 saturated carbocycles. The van der Waals surface area contributed by atoms with E-state index in [9.17, 15) is 9.90 Å². The van der Waals surface area contributed by atoms with Gasteiger partial charge in [0.15, 0.2) is 0 Å². The minimum atomic E-state index is -0.0914. The molecule has 2 aromatic rings. The van der Waals surface area contributed by atoms with Crippen LogP contribution in [0.2, 0.25) is 0 Å². The van der Waals surface area contributed by atoms with Crippen LogP contribution in [0, 0.1) is 0 Å². The van der Waals surface area contributed by atoms with Gasteiger partial charge in [-0.2, -0.15) is 0 Å². The molecule has 0 fully saturated rings. The van der Waals surface area contributed by atoms with E-state index >= 15 is 0 Å². The molecule has 0 aromatic heterocycles. The summed E-state index contributed by atoms with van der Waals surface area (Å²) in [6, 6.07) is 14.6. The van der Waals surface area contributed by atoms with Crippen molar-refractivity contribution in [2.45, 2.75) is 13.1 Å². The third-order valence-electron chi connectivity index (χ3n) is 3.24. The first-order valence-electron chi connectivity index (χ1n) is 7.06. The zero-order valence-corrected chi connectivity index (χ0v) is 12.5. The van der Waals surface area contributed by atoms with Crippen molar-refractivity contribution in [1.82, 2.24) is 10.6 Å². The molecule has 5 heteroatoms. The molecule has 0 unspecified atom stereocenters. The molecular weight excluding hydrogens is 280 g/mol. The van der Waals surface area contributed by atoms with Crippen LogP contribution in [-0.2, 0) is 17.9 Å². The molecule has 0 radical (unpaired) electrons. The second-order valence-corrected chi connectivity index (χ2v) is 4.86. The number of carbonyl (C=O) groups is 1. The van der Waals surface area contributed by atoms with Gasteiger partial charge >= 0.3 is 0 Å². The molecule has 0 aliphatic carbocycles. The van der Waals surface area contributed by atoms with Crippen molar-refractivity contribution in [3.63, 3.8) is 0 Å². The molecule has 3 N–H and O–H groups in total. The Hall–Kier alpha value is -2.53. The standard InChI is InChI=1S/C17H20N2O3/c1-22-15-8-6-13(7-9-15)10-19-17(21)12-18-11-14-4-2-3-5-16(14)20/h2-9,18,20H,10-12H2,1H3,(H,19,21). The van der Waals surface area contributed by atoms with Gasteiger partial charge < -0.3 is 20.5 Å². The van der Waals surface area contributed by atoms with Crippen LogP contribution in [-0.4, -0.2) is 24.7 Å². The second-order valence-electron chi connectivity index (χ2n) is 4.86. The van der Waals surface area contributed by atoms with E-state index in [0.717, 1.165) is 16.9 Å². The van der Waals surface area contributed by atoms with Crippen molar-refractivity contribution in [1.29, 1.82) is 0 Å². The maximum atomic E-state index is 11.8. The monoisotopic (exact) mass is 300 g/mol. The van der Waals surface area contributed by atoms with Gasteiger partial charge in [0.1, 0.15) is 11.5 Å². The van der Waals surface area contributed by atoms with E-state index in [1.54, 1.807) is 19.2 Å². The maximum Gasteiger partial charge on any atom is 0.234 e. The molecule has 0 spiro atoms. The third kappa shape index (κ3) is 4.79. The van der Waals surface area contributed by atoms with Gasteiger partial charge in [-0.05, 0) is 23.8 Å². The van der Waals surface area contributed by atoms with Gasteiger partial charge in [-0.3, -0.25) is 4.79 Å². The molecule has 0 saturated heterocycles. The number of hydrogen-bond acceptors (Lipinski definition) is 4. The highest BCUT2D eigenvalue weighted by atomic mass is 16.5. The number of aromatic hydroxyl groups is 1. The van der Waals surface area contributed by atoms with Gasteiger partial charge in [-0.1, -0.05) is 30.3 Å². The Morgan fingerprint density at radius 3 is 2.50 bits per heavy atom. The average Bonchev–Trinajstić information content (AvgIpc) is 2.55. The van der Waals surface area contributed by atoms with Crippen LogP contribution in [0.4, 0.5) is 0 Å². The number of phenols is 1. The number of nitrogens with one attached hydrogen (secondary N) is 2. The van der Waals surface area contributed by atoms with E-state index in [0.29, 0.717) is 13.1 Å². The van der Waals surface area contributed by atoms with Gasteiger partial charge in [-0.15, -0.1) is 0 Å². The normalized spacial score (nSPS) is 10.2. The van der Waals surface area contributed by atoms with Gasteiger partial charge in [0.2, 0.25) is 5.91 Å². The number of methoxy groups -OCH3 is 1.